The summed E-state index contributed by atoms with van der Waals surface area (Å²) in [6, 6.07) is 6.64. The zero-order chi connectivity index (χ0) is 13.7. The Balaban J connectivity index is 1.71. The number of hydrogen-bond acceptors (Lipinski definition) is 2. The molecule has 1 aliphatic heterocycles. The molecule has 0 spiro atoms. The van der Waals surface area contributed by atoms with Crippen LogP contribution in [0.5, 0.6) is 0 Å². The highest BCUT2D eigenvalue weighted by atomic mass is 19.1. The standard InChI is InChI=1S/C15H20FNO2/c16-14-3-1-12(2-4-14)5-8-17-9-6-13(7-10-17)11-15(18)19/h1-4,13H,5-11H2,(H,18,19). The summed E-state index contributed by atoms with van der Waals surface area (Å²) in [6.45, 7) is 2.91. The molecule has 4 heteroatoms. The maximum atomic E-state index is 12.8. The van der Waals surface area contributed by atoms with Crippen LogP contribution in [0.3, 0.4) is 0 Å². The van der Waals surface area contributed by atoms with Gasteiger partial charge in [0.1, 0.15) is 5.82 Å². The Hall–Kier alpha value is -1.42. The van der Waals surface area contributed by atoms with Crippen molar-refractivity contribution in [3.05, 3.63) is 35.6 Å². The Morgan fingerprint density at radius 3 is 2.47 bits per heavy atom. The number of hydrogen-bond donors (Lipinski definition) is 1. The fourth-order valence-corrected chi connectivity index (χ4v) is 2.60. The highest BCUT2D eigenvalue weighted by molar-refractivity contribution is 5.67. The number of carbonyl (C=O) groups is 1. The Kier molecular flexibility index (Phi) is 4.91. The third-order valence-corrected chi connectivity index (χ3v) is 3.80. The highest BCUT2D eigenvalue weighted by Gasteiger charge is 2.20. The minimum Gasteiger partial charge on any atom is -0.481 e. The summed E-state index contributed by atoms with van der Waals surface area (Å²) in [5, 5.41) is 8.76. The monoisotopic (exact) mass is 265 g/mol. The van der Waals surface area contributed by atoms with Crippen LogP contribution < -0.4 is 0 Å². The van der Waals surface area contributed by atoms with Crippen LogP contribution in [0.4, 0.5) is 4.39 Å². The number of rotatable bonds is 5. The van der Waals surface area contributed by atoms with Crippen LogP contribution in [-0.2, 0) is 11.2 Å². The number of halogens is 1. The van der Waals surface area contributed by atoms with Gasteiger partial charge in [-0.2, -0.15) is 0 Å². The highest BCUT2D eigenvalue weighted by Crippen LogP contribution is 2.20. The zero-order valence-electron chi connectivity index (χ0n) is 11.0. The molecule has 0 atom stereocenters. The van der Waals surface area contributed by atoms with Gasteiger partial charge in [-0.15, -0.1) is 0 Å². The van der Waals surface area contributed by atoms with Gasteiger partial charge in [0.15, 0.2) is 0 Å². The van der Waals surface area contributed by atoms with Gasteiger partial charge in [-0.3, -0.25) is 4.79 Å². The normalized spacial score (nSPS) is 17.5. The maximum absolute atomic E-state index is 12.8. The van der Waals surface area contributed by atoms with E-state index in [0.29, 0.717) is 12.3 Å². The largest absolute Gasteiger partial charge is 0.481 e. The topological polar surface area (TPSA) is 40.5 Å². The van der Waals surface area contributed by atoms with Crippen molar-refractivity contribution in [3.8, 4) is 0 Å². The predicted octanol–water partition coefficient (Wildman–Crippen LogP) is 2.55. The van der Waals surface area contributed by atoms with E-state index in [-0.39, 0.29) is 5.82 Å². The number of likely N-dealkylation sites (tertiary alicyclic amines) is 1. The lowest BCUT2D eigenvalue weighted by Crippen LogP contribution is -2.35. The number of carboxylic acid groups (broad SMARTS) is 1. The first kappa shape index (κ1) is 14.0. The molecular formula is C15H20FNO2. The molecule has 1 aromatic rings. The van der Waals surface area contributed by atoms with Crippen LogP contribution >= 0.6 is 0 Å². The summed E-state index contributed by atoms with van der Waals surface area (Å²) in [7, 11) is 0. The third kappa shape index (κ3) is 4.63. The zero-order valence-corrected chi connectivity index (χ0v) is 11.0. The number of aliphatic carboxylic acids is 1. The lowest BCUT2D eigenvalue weighted by atomic mass is 9.93. The second-order valence-electron chi connectivity index (χ2n) is 5.26. The molecule has 0 aromatic heterocycles. The van der Waals surface area contributed by atoms with Crippen molar-refractivity contribution < 1.29 is 14.3 Å². The minimum atomic E-state index is -0.690. The average Bonchev–Trinajstić information content (AvgIpc) is 2.39. The minimum absolute atomic E-state index is 0.196. The smallest absolute Gasteiger partial charge is 0.303 e. The molecule has 0 bridgehead atoms. The molecule has 0 radical (unpaired) electrons. The number of piperidine rings is 1. The number of benzene rings is 1. The molecule has 1 aliphatic rings. The molecule has 1 fully saturated rings. The SMILES string of the molecule is O=C(O)CC1CCN(CCc2ccc(F)cc2)CC1. The Morgan fingerprint density at radius 2 is 1.89 bits per heavy atom. The van der Waals surface area contributed by atoms with Crippen molar-refractivity contribution in [3.63, 3.8) is 0 Å². The van der Waals surface area contributed by atoms with Crippen molar-refractivity contribution >= 4 is 5.97 Å². The van der Waals surface area contributed by atoms with Crippen molar-refractivity contribution in [1.29, 1.82) is 0 Å². The Bertz CT molecular complexity index is 411. The van der Waals surface area contributed by atoms with E-state index in [2.05, 4.69) is 4.90 Å². The van der Waals surface area contributed by atoms with Gasteiger partial charge in [-0.05, 0) is 56.0 Å². The maximum Gasteiger partial charge on any atom is 0.303 e. The second kappa shape index (κ2) is 6.66. The van der Waals surface area contributed by atoms with E-state index < -0.39 is 5.97 Å². The molecule has 3 nitrogen and oxygen atoms in total. The quantitative estimate of drug-likeness (QED) is 0.889. The summed E-state index contributed by atoms with van der Waals surface area (Å²) >= 11 is 0. The molecule has 2 rings (SSSR count). The lowest BCUT2D eigenvalue weighted by Gasteiger charge is -2.31. The van der Waals surface area contributed by atoms with Crippen molar-refractivity contribution in [2.24, 2.45) is 5.92 Å². The van der Waals surface area contributed by atoms with Crippen LogP contribution in [0.2, 0.25) is 0 Å². The summed E-state index contributed by atoms with van der Waals surface area (Å²) in [4.78, 5) is 13.0. The van der Waals surface area contributed by atoms with E-state index in [9.17, 15) is 9.18 Å². The first-order valence-electron chi connectivity index (χ1n) is 6.82. The van der Waals surface area contributed by atoms with Crippen molar-refractivity contribution in [2.45, 2.75) is 25.7 Å². The Morgan fingerprint density at radius 1 is 1.26 bits per heavy atom. The molecule has 104 valence electrons. The van der Waals surface area contributed by atoms with E-state index >= 15 is 0 Å². The molecule has 0 amide bonds. The fraction of sp³-hybridized carbons (Fsp3) is 0.533. The van der Waals surface area contributed by atoms with E-state index in [1.54, 1.807) is 0 Å². The van der Waals surface area contributed by atoms with Gasteiger partial charge in [0.2, 0.25) is 0 Å². The van der Waals surface area contributed by atoms with Crippen LogP contribution in [0, 0.1) is 11.7 Å². The van der Waals surface area contributed by atoms with E-state index in [4.69, 9.17) is 5.11 Å². The van der Waals surface area contributed by atoms with E-state index in [0.717, 1.165) is 44.5 Å². The number of nitrogens with zero attached hydrogens (tertiary/aromatic N) is 1. The molecule has 1 saturated heterocycles. The lowest BCUT2D eigenvalue weighted by molar-refractivity contribution is -0.138. The van der Waals surface area contributed by atoms with E-state index in [1.807, 2.05) is 12.1 Å². The summed E-state index contributed by atoms with van der Waals surface area (Å²) in [6.07, 6.45) is 3.15. The van der Waals surface area contributed by atoms with Gasteiger partial charge >= 0.3 is 5.97 Å². The molecule has 1 aromatic carbocycles. The second-order valence-corrected chi connectivity index (χ2v) is 5.26. The predicted molar refractivity (Wildman–Crippen MR) is 71.5 cm³/mol. The first-order valence-corrected chi connectivity index (χ1v) is 6.82. The van der Waals surface area contributed by atoms with Gasteiger partial charge in [-0.25, -0.2) is 4.39 Å². The fourth-order valence-electron chi connectivity index (χ4n) is 2.60. The molecule has 0 saturated carbocycles. The van der Waals surface area contributed by atoms with Crippen LogP contribution in [0.1, 0.15) is 24.8 Å². The molecule has 1 heterocycles. The van der Waals surface area contributed by atoms with Gasteiger partial charge in [0.05, 0.1) is 0 Å². The summed E-state index contributed by atoms with van der Waals surface area (Å²) in [5.74, 6) is -0.553. The van der Waals surface area contributed by atoms with Crippen LogP contribution in [-0.4, -0.2) is 35.6 Å². The van der Waals surface area contributed by atoms with Gasteiger partial charge in [0, 0.05) is 13.0 Å². The number of carboxylic acids is 1. The van der Waals surface area contributed by atoms with Gasteiger partial charge in [0.25, 0.3) is 0 Å². The van der Waals surface area contributed by atoms with Gasteiger partial charge < -0.3 is 10.0 Å². The molecule has 0 unspecified atom stereocenters. The van der Waals surface area contributed by atoms with Gasteiger partial charge in [-0.1, -0.05) is 12.1 Å². The first-order chi connectivity index (χ1) is 9.13. The van der Waals surface area contributed by atoms with Crippen LogP contribution in [0.15, 0.2) is 24.3 Å². The molecule has 19 heavy (non-hydrogen) atoms. The van der Waals surface area contributed by atoms with E-state index in [1.165, 1.54) is 12.1 Å². The molecule has 0 aliphatic carbocycles. The summed E-state index contributed by atoms with van der Waals surface area (Å²) in [5.41, 5.74) is 1.15. The van der Waals surface area contributed by atoms with Crippen molar-refractivity contribution in [2.75, 3.05) is 19.6 Å². The molecular weight excluding hydrogens is 245 g/mol. The van der Waals surface area contributed by atoms with Crippen molar-refractivity contribution in [1.82, 2.24) is 4.90 Å². The Labute approximate surface area is 113 Å². The average molecular weight is 265 g/mol. The van der Waals surface area contributed by atoms with Crippen LogP contribution in [0.25, 0.3) is 0 Å². The third-order valence-electron chi connectivity index (χ3n) is 3.80. The molecule has 1 N–H and O–H groups in total. The summed E-state index contributed by atoms with van der Waals surface area (Å²) < 4.78 is 12.8.